The quantitative estimate of drug-likeness (QED) is 0.771. The molecule has 0 radical (unpaired) electrons. The van der Waals surface area contributed by atoms with Crippen LogP contribution in [0, 0.1) is 0 Å². The molecule has 0 amide bonds. The third-order valence-corrected chi connectivity index (χ3v) is 1.90. The van der Waals surface area contributed by atoms with Gasteiger partial charge in [-0.2, -0.15) is 0 Å². The van der Waals surface area contributed by atoms with Crippen LogP contribution in [0.2, 0.25) is 0 Å². The van der Waals surface area contributed by atoms with E-state index in [1.807, 2.05) is 0 Å². The highest BCUT2D eigenvalue weighted by Gasteiger charge is 2.19. The fourth-order valence-corrected chi connectivity index (χ4v) is 1.39. The van der Waals surface area contributed by atoms with Crippen molar-refractivity contribution >= 4 is 17.6 Å². The molecule has 6 heteroatoms. The molecule has 0 saturated heterocycles. The lowest BCUT2D eigenvalue weighted by molar-refractivity contribution is 0.0874. The number of hydrogen-bond donors (Lipinski definition) is 1. The number of likely N-dealkylation sites (N-methyl/N-ethyl adjacent to an activating group) is 1. The highest BCUT2D eigenvalue weighted by atomic mass is 35.5. The fraction of sp³-hybridized carbons (Fsp3) is 0.778. The van der Waals surface area contributed by atoms with Gasteiger partial charge in [-0.3, -0.25) is 0 Å². The number of rotatable bonds is 5. The summed E-state index contributed by atoms with van der Waals surface area (Å²) in [5.74, 6) is 0.971. The molecule has 0 fully saturated rings. The van der Waals surface area contributed by atoms with Crippen molar-refractivity contribution < 1.29 is 9.52 Å². The third-order valence-electron chi connectivity index (χ3n) is 1.72. The van der Waals surface area contributed by atoms with E-state index in [2.05, 4.69) is 10.2 Å². The molecule has 1 rings (SSSR count). The van der Waals surface area contributed by atoms with Crippen LogP contribution in [0.15, 0.2) is 4.42 Å². The average molecular weight is 234 g/mol. The van der Waals surface area contributed by atoms with Crippen molar-refractivity contribution in [1.82, 2.24) is 10.2 Å². The Morgan fingerprint density at radius 3 is 2.67 bits per heavy atom. The molecule has 1 aromatic rings. The van der Waals surface area contributed by atoms with Gasteiger partial charge in [0.05, 0.1) is 12.1 Å². The van der Waals surface area contributed by atoms with Crippen LogP contribution in [0.1, 0.15) is 19.7 Å². The second kappa shape index (κ2) is 4.81. The van der Waals surface area contributed by atoms with Crippen molar-refractivity contribution in [2.45, 2.75) is 25.9 Å². The van der Waals surface area contributed by atoms with Crippen LogP contribution >= 0.6 is 11.6 Å². The fourth-order valence-electron chi connectivity index (χ4n) is 1.23. The maximum absolute atomic E-state index is 9.61. The molecule has 0 saturated carbocycles. The minimum Gasteiger partial charge on any atom is -0.408 e. The number of aryl methyl sites for hydroxylation is 1. The van der Waals surface area contributed by atoms with Gasteiger partial charge in [0, 0.05) is 19.3 Å². The van der Waals surface area contributed by atoms with Gasteiger partial charge in [-0.15, -0.1) is 16.7 Å². The molecular formula is C9H16ClN3O2. The zero-order valence-electron chi connectivity index (χ0n) is 9.20. The lowest BCUT2D eigenvalue weighted by Gasteiger charge is -2.23. The molecule has 0 bridgehead atoms. The third kappa shape index (κ3) is 4.05. The number of alkyl halides is 1. The molecule has 0 atom stereocenters. The van der Waals surface area contributed by atoms with Gasteiger partial charge in [-0.1, -0.05) is 5.10 Å². The monoisotopic (exact) mass is 233 g/mol. The van der Waals surface area contributed by atoms with E-state index in [0.29, 0.717) is 30.8 Å². The maximum atomic E-state index is 9.61. The molecule has 0 aliphatic rings. The summed E-state index contributed by atoms with van der Waals surface area (Å²) in [7, 11) is 1.79. The van der Waals surface area contributed by atoms with Crippen LogP contribution in [-0.4, -0.2) is 40.4 Å². The first-order valence-electron chi connectivity index (χ1n) is 4.74. The Balaban J connectivity index is 2.61. The number of aliphatic hydroxyl groups is 1. The minimum absolute atomic E-state index is 0.400. The second-order valence-corrected chi connectivity index (χ2v) is 4.46. The standard InChI is InChI=1S/C9H16ClN3O2/c1-9(2,14)6-13(3)8-12-11-7(15-8)4-5-10/h14H,4-6H2,1-3H3. The predicted molar refractivity (Wildman–Crippen MR) is 58.3 cm³/mol. The van der Waals surface area contributed by atoms with Gasteiger partial charge < -0.3 is 14.4 Å². The zero-order chi connectivity index (χ0) is 11.5. The molecule has 1 aromatic heterocycles. The number of nitrogens with zero attached hydrogens (tertiary/aromatic N) is 3. The second-order valence-electron chi connectivity index (χ2n) is 4.09. The lowest BCUT2D eigenvalue weighted by Crippen LogP contribution is -2.36. The summed E-state index contributed by atoms with van der Waals surface area (Å²) in [6, 6.07) is 0.400. The summed E-state index contributed by atoms with van der Waals surface area (Å²) >= 11 is 5.55. The van der Waals surface area contributed by atoms with Gasteiger partial charge in [-0.05, 0) is 13.8 Å². The molecule has 0 aromatic carbocycles. The van der Waals surface area contributed by atoms with Gasteiger partial charge in [-0.25, -0.2) is 0 Å². The van der Waals surface area contributed by atoms with E-state index in [9.17, 15) is 5.11 Å². The first-order chi connectivity index (χ1) is 6.92. The highest BCUT2D eigenvalue weighted by molar-refractivity contribution is 6.17. The largest absolute Gasteiger partial charge is 0.408 e. The number of hydrogen-bond acceptors (Lipinski definition) is 5. The molecule has 86 valence electrons. The maximum Gasteiger partial charge on any atom is 0.317 e. The van der Waals surface area contributed by atoms with Crippen molar-refractivity contribution in [1.29, 1.82) is 0 Å². The van der Waals surface area contributed by atoms with Crippen molar-refractivity contribution in [3.05, 3.63) is 5.89 Å². The molecule has 0 aliphatic carbocycles. The summed E-state index contributed by atoms with van der Waals surface area (Å²) in [5.41, 5.74) is -0.796. The Bertz CT molecular complexity index is 309. The van der Waals surface area contributed by atoms with Crippen molar-refractivity contribution in [3.63, 3.8) is 0 Å². The van der Waals surface area contributed by atoms with Gasteiger partial charge in [0.1, 0.15) is 0 Å². The molecule has 1 N–H and O–H groups in total. The van der Waals surface area contributed by atoms with Gasteiger partial charge in [0.15, 0.2) is 0 Å². The number of halogens is 1. The topological polar surface area (TPSA) is 62.4 Å². The Kier molecular flexibility index (Phi) is 3.93. The van der Waals surface area contributed by atoms with Crippen LogP contribution in [-0.2, 0) is 6.42 Å². The molecule has 5 nitrogen and oxygen atoms in total. The minimum atomic E-state index is -0.796. The van der Waals surface area contributed by atoms with E-state index in [0.717, 1.165) is 0 Å². The van der Waals surface area contributed by atoms with E-state index in [-0.39, 0.29) is 0 Å². The van der Waals surface area contributed by atoms with Crippen molar-refractivity contribution in [3.8, 4) is 0 Å². The summed E-state index contributed by atoms with van der Waals surface area (Å²) in [5, 5.41) is 17.3. The van der Waals surface area contributed by atoms with E-state index in [4.69, 9.17) is 16.0 Å². The van der Waals surface area contributed by atoms with Crippen LogP contribution in [0.3, 0.4) is 0 Å². The summed E-state index contributed by atoms with van der Waals surface area (Å²) < 4.78 is 5.34. The SMILES string of the molecule is CN(CC(C)(C)O)c1nnc(CCCl)o1. The number of anilines is 1. The van der Waals surface area contributed by atoms with Gasteiger partial charge in [0.25, 0.3) is 0 Å². The number of aromatic nitrogens is 2. The Morgan fingerprint density at radius 2 is 2.13 bits per heavy atom. The van der Waals surface area contributed by atoms with Gasteiger partial charge >= 0.3 is 6.01 Å². The molecule has 0 aliphatic heterocycles. The molecule has 0 unspecified atom stereocenters. The first kappa shape index (κ1) is 12.3. The smallest absolute Gasteiger partial charge is 0.317 e. The molecule has 15 heavy (non-hydrogen) atoms. The Hall–Kier alpha value is -0.810. The Morgan fingerprint density at radius 1 is 1.47 bits per heavy atom. The van der Waals surface area contributed by atoms with E-state index in [1.165, 1.54) is 0 Å². The molecule has 1 heterocycles. The van der Waals surface area contributed by atoms with E-state index < -0.39 is 5.60 Å². The lowest BCUT2D eigenvalue weighted by atomic mass is 10.1. The highest BCUT2D eigenvalue weighted by Crippen LogP contribution is 2.14. The van der Waals surface area contributed by atoms with E-state index >= 15 is 0 Å². The molecule has 0 spiro atoms. The normalized spacial score (nSPS) is 11.8. The summed E-state index contributed by atoms with van der Waals surface area (Å²) in [6.07, 6.45) is 0.560. The average Bonchev–Trinajstić information content (AvgIpc) is 2.50. The van der Waals surface area contributed by atoms with Gasteiger partial charge in [0.2, 0.25) is 5.89 Å². The molecular weight excluding hydrogens is 218 g/mol. The zero-order valence-corrected chi connectivity index (χ0v) is 9.95. The van der Waals surface area contributed by atoms with Crippen LogP contribution < -0.4 is 4.90 Å². The van der Waals surface area contributed by atoms with Crippen LogP contribution in [0.5, 0.6) is 0 Å². The first-order valence-corrected chi connectivity index (χ1v) is 5.28. The van der Waals surface area contributed by atoms with E-state index in [1.54, 1.807) is 25.8 Å². The van der Waals surface area contributed by atoms with Crippen molar-refractivity contribution in [2.75, 3.05) is 24.4 Å². The summed E-state index contributed by atoms with van der Waals surface area (Å²) in [4.78, 5) is 1.71. The van der Waals surface area contributed by atoms with Crippen LogP contribution in [0.4, 0.5) is 6.01 Å². The summed E-state index contributed by atoms with van der Waals surface area (Å²) in [6.45, 7) is 3.87. The predicted octanol–water partition coefficient (Wildman–Crippen LogP) is 1.06. The Labute approximate surface area is 94.0 Å². The van der Waals surface area contributed by atoms with Crippen molar-refractivity contribution in [2.24, 2.45) is 0 Å². The van der Waals surface area contributed by atoms with Crippen LogP contribution in [0.25, 0.3) is 0 Å².